The van der Waals surface area contributed by atoms with Crippen LogP contribution in [0.4, 0.5) is 0 Å². The molecule has 0 nitrogen and oxygen atoms in total. The minimum absolute atomic E-state index is 0.547. The van der Waals surface area contributed by atoms with Crippen molar-refractivity contribution in [3.8, 4) is 0 Å². The molecule has 0 heterocycles. The van der Waals surface area contributed by atoms with Crippen LogP contribution >= 0.6 is 15.9 Å². The first-order valence-electron chi connectivity index (χ1n) is 8.74. The van der Waals surface area contributed by atoms with Gasteiger partial charge in [0.2, 0.25) is 0 Å². The van der Waals surface area contributed by atoms with Gasteiger partial charge in [-0.15, -0.1) is 0 Å². The summed E-state index contributed by atoms with van der Waals surface area (Å²) in [7, 11) is 0. The first-order chi connectivity index (χ1) is 10.0. The van der Waals surface area contributed by atoms with E-state index in [1.807, 2.05) is 0 Å². The van der Waals surface area contributed by atoms with Gasteiger partial charge in [-0.25, -0.2) is 0 Å². The summed E-state index contributed by atoms with van der Waals surface area (Å²) in [5.74, 6) is 1.82. The monoisotopic (exact) mass is 350 g/mol. The van der Waals surface area contributed by atoms with Crippen molar-refractivity contribution >= 4 is 15.9 Å². The average molecular weight is 351 g/mol. The third-order valence-electron chi connectivity index (χ3n) is 5.29. The van der Waals surface area contributed by atoms with Gasteiger partial charge >= 0.3 is 0 Å². The molecule has 1 atom stereocenters. The lowest BCUT2D eigenvalue weighted by Gasteiger charge is -2.33. The predicted octanol–water partition coefficient (Wildman–Crippen LogP) is 7.04. The summed E-state index contributed by atoms with van der Waals surface area (Å²) < 4.78 is 0. The van der Waals surface area contributed by atoms with E-state index >= 15 is 0 Å². The van der Waals surface area contributed by atoms with E-state index in [4.69, 9.17) is 0 Å². The Kier molecular flexibility index (Phi) is 6.34. The van der Waals surface area contributed by atoms with E-state index in [1.54, 1.807) is 5.56 Å². The largest absolute Gasteiger partial charge is 0.0836 e. The molecule has 0 radical (unpaired) electrons. The average Bonchev–Trinajstić information content (AvgIpc) is 2.44. The molecule has 0 spiro atoms. The van der Waals surface area contributed by atoms with Gasteiger partial charge < -0.3 is 0 Å². The molecule has 2 rings (SSSR count). The fourth-order valence-corrected chi connectivity index (χ4v) is 5.38. The summed E-state index contributed by atoms with van der Waals surface area (Å²) in [6, 6.07) is 4.67. The third kappa shape index (κ3) is 4.34. The van der Waals surface area contributed by atoms with Gasteiger partial charge in [0.25, 0.3) is 0 Å². The number of halogens is 1. The zero-order chi connectivity index (χ0) is 15.4. The summed E-state index contributed by atoms with van der Waals surface area (Å²) in [5, 5.41) is 0. The highest BCUT2D eigenvalue weighted by Crippen LogP contribution is 2.44. The van der Waals surface area contributed by atoms with Gasteiger partial charge in [0.05, 0.1) is 0 Å². The van der Waals surface area contributed by atoms with Gasteiger partial charge in [-0.2, -0.15) is 0 Å². The quantitative estimate of drug-likeness (QED) is 0.499. The lowest BCUT2D eigenvalue weighted by Crippen LogP contribution is -2.19. The van der Waals surface area contributed by atoms with Crippen LogP contribution in [-0.2, 0) is 0 Å². The molecule has 0 saturated heterocycles. The molecule has 1 aliphatic carbocycles. The smallest absolute Gasteiger partial charge is 0.0428 e. The number of unbranched alkanes of at least 4 members (excludes halogenated alkanes) is 1. The van der Waals surface area contributed by atoms with Crippen molar-refractivity contribution in [1.29, 1.82) is 0 Å². The fraction of sp³-hybridized carbons (Fsp3) is 0.700. The Morgan fingerprint density at radius 1 is 1.05 bits per heavy atom. The predicted molar refractivity (Wildman–Crippen MR) is 97.3 cm³/mol. The maximum atomic E-state index is 4.05. The van der Waals surface area contributed by atoms with Crippen molar-refractivity contribution < 1.29 is 0 Å². The number of hydrogen-bond donors (Lipinski definition) is 0. The highest BCUT2D eigenvalue weighted by atomic mass is 79.9. The second-order valence-corrected chi connectivity index (χ2v) is 8.12. The van der Waals surface area contributed by atoms with Crippen molar-refractivity contribution in [2.45, 2.75) is 77.5 Å². The number of benzene rings is 1. The Hall–Kier alpha value is -0.300. The number of alkyl halides is 1. The van der Waals surface area contributed by atoms with Gasteiger partial charge in [0.1, 0.15) is 0 Å². The molecular formula is C20H31Br. The van der Waals surface area contributed by atoms with Gasteiger partial charge in [-0.3, -0.25) is 0 Å². The molecule has 1 heteroatoms. The second-order valence-electron chi connectivity index (χ2n) is 7.14. The SMILES string of the molecule is CCCCC1CCC(C(Br)c2c(C)cc(C)cc2C)CC1. The van der Waals surface area contributed by atoms with Crippen LogP contribution in [-0.4, -0.2) is 0 Å². The van der Waals surface area contributed by atoms with Crippen LogP contribution in [0.15, 0.2) is 12.1 Å². The van der Waals surface area contributed by atoms with Gasteiger partial charge in [-0.1, -0.05) is 72.7 Å². The molecule has 0 amide bonds. The van der Waals surface area contributed by atoms with Crippen LogP contribution < -0.4 is 0 Å². The van der Waals surface area contributed by atoms with Crippen LogP contribution in [0.5, 0.6) is 0 Å². The third-order valence-corrected chi connectivity index (χ3v) is 6.49. The maximum Gasteiger partial charge on any atom is 0.0428 e. The Labute approximate surface area is 139 Å². The number of rotatable bonds is 5. The minimum atomic E-state index is 0.547. The molecule has 0 aromatic heterocycles. The summed E-state index contributed by atoms with van der Waals surface area (Å²) in [6.07, 6.45) is 9.91. The molecule has 21 heavy (non-hydrogen) atoms. The van der Waals surface area contributed by atoms with Crippen LogP contribution in [0, 0.1) is 32.6 Å². The van der Waals surface area contributed by atoms with Crippen LogP contribution in [0.1, 0.15) is 79.0 Å². The molecular weight excluding hydrogens is 320 g/mol. The van der Waals surface area contributed by atoms with E-state index in [2.05, 4.69) is 55.8 Å². The zero-order valence-electron chi connectivity index (χ0n) is 14.2. The van der Waals surface area contributed by atoms with E-state index in [0.29, 0.717) is 4.83 Å². The van der Waals surface area contributed by atoms with Crippen molar-refractivity contribution in [2.75, 3.05) is 0 Å². The lowest BCUT2D eigenvalue weighted by molar-refractivity contribution is 0.257. The number of aryl methyl sites for hydroxylation is 3. The van der Waals surface area contributed by atoms with Gasteiger partial charge in [-0.05, 0) is 62.1 Å². The molecule has 0 aliphatic heterocycles. The lowest BCUT2D eigenvalue weighted by atomic mass is 9.76. The van der Waals surface area contributed by atoms with Gasteiger partial charge in [0, 0.05) is 4.83 Å². The molecule has 1 aromatic carbocycles. The van der Waals surface area contributed by atoms with Crippen LogP contribution in [0.2, 0.25) is 0 Å². The maximum absolute atomic E-state index is 4.05. The normalized spacial score (nSPS) is 24.0. The van der Waals surface area contributed by atoms with Gasteiger partial charge in [0.15, 0.2) is 0 Å². The second kappa shape index (κ2) is 7.81. The summed E-state index contributed by atoms with van der Waals surface area (Å²) in [4.78, 5) is 0.547. The first kappa shape index (κ1) is 17.1. The Bertz CT molecular complexity index is 432. The zero-order valence-corrected chi connectivity index (χ0v) is 15.8. The van der Waals surface area contributed by atoms with Crippen molar-refractivity contribution in [2.24, 2.45) is 11.8 Å². The topological polar surface area (TPSA) is 0 Å². The van der Waals surface area contributed by atoms with E-state index in [9.17, 15) is 0 Å². The highest BCUT2D eigenvalue weighted by Gasteiger charge is 2.28. The standard InChI is InChI=1S/C20H31Br/c1-5-6-7-17-8-10-18(11-9-17)20(21)19-15(3)12-14(2)13-16(19)4/h12-13,17-18,20H,5-11H2,1-4H3. The van der Waals surface area contributed by atoms with Crippen molar-refractivity contribution in [1.82, 2.24) is 0 Å². The highest BCUT2D eigenvalue weighted by molar-refractivity contribution is 9.09. The van der Waals surface area contributed by atoms with E-state index in [0.717, 1.165) is 11.8 Å². The molecule has 1 saturated carbocycles. The van der Waals surface area contributed by atoms with Crippen LogP contribution in [0.25, 0.3) is 0 Å². The summed E-state index contributed by atoms with van der Waals surface area (Å²) >= 11 is 4.05. The molecule has 1 aromatic rings. The molecule has 1 aliphatic rings. The Balaban J connectivity index is 2.00. The minimum Gasteiger partial charge on any atom is -0.0836 e. The fourth-order valence-electron chi connectivity index (χ4n) is 4.12. The van der Waals surface area contributed by atoms with Crippen molar-refractivity contribution in [3.63, 3.8) is 0 Å². The molecule has 0 bridgehead atoms. The van der Waals surface area contributed by atoms with E-state index in [1.165, 1.54) is 61.6 Å². The Morgan fingerprint density at radius 3 is 2.14 bits per heavy atom. The summed E-state index contributed by atoms with van der Waals surface area (Å²) in [6.45, 7) is 9.06. The number of hydrogen-bond acceptors (Lipinski definition) is 0. The van der Waals surface area contributed by atoms with E-state index in [-0.39, 0.29) is 0 Å². The molecule has 0 N–H and O–H groups in total. The molecule has 118 valence electrons. The first-order valence-corrected chi connectivity index (χ1v) is 9.66. The molecule has 1 fully saturated rings. The molecule has 1 unspecified atom stereocenters. The Morgan fingerprint density at radius 2 is 1.62 bits per heavy atom. The van der Waals surface area contributed by atoms with E-state index < -0.39 is 0 Å². The van der Waals surface area contributed by atoms with Crippen LogP contribution in [0.3, 0.4) is 0 Å². The summed E-state index contributed by atoms with van der Waals surface area (Å²) in [5.41, 5.74) is 5.86. The van der Waals surface area contributed by atoms with Crippen molar-refractivity contribution in [3.05, 3.63) is 34.4 Å².